The van der Waals surface area contributed by atoms with Gasteiger partial charge in [0.2, 0.25) is 0 Å². The standard InChI is InChI=1S/C14H21NO/c1-14(2,11-15-9-3-4-10-15)12-5-7-13(16)8-6-12/h5-8,16H,3-4,9-11H2,1-2H3. The molecule has 88 valence electrons. The summed E-state index contributed by atoms with van der Waals surface area (Å²) in [4.78, 5) is 2.53. The van der Waals surface area contributed by atoms with Gasteiger partial charge < -0.3 is 10.0 Å². The number of rotatable bonds is 3. The van der Waals surface area contributed by atoms with Crippen LogP contribution >= 0.6 is 0 Å². The second-order valence-electron chi connectivity index (χ2n) is 5.41. The third kappa shape index (κ3) is 2.56. The number of phenolic OH excluding ortho intramolecular Hbond substituents is 1. The maximum atomic E-state index is 9.30. The molecule has 0 spiro atoms. The van der Waals surface area contributed by atoms with Crippen LogP contribution in [0.2, 0.25) is 0 Å². The Bertz CT molecular complexity index is 336. The van der Waals surface area contributed by atoms with Crippen molar-refractivity contribution in [2.45, 2.75) is 32.1 Å². The number of hydrogen-bond acceptors (Lipinski definition) is 2. The van der Waals surface area contributed by atoms with E-state index in [-0.39, 0.29) is 5.41 Å². The highest BCUT2D eigenvalue weighted by Crippen LogP contribution is 2.27. The highest BCUT2D eigenvalue weighted by Gasteiger charge is 2.25. The van der Waals surface area contributed by atoms with Crippen molar-refractivity contribution < 1.29 is 5.11 Å². The first-order valence-electron chi connectivity index (χ1n) is 6.10. The van der Waals surface area contributed by atoms with E-state index in [9.17, 15) is 5.11 Å². The smallest absolute Gasteiger partial charge is 0.115 e. The molecule has 2 rings (SSSR count). The minimum atomic E-state index is 0.165. The van der Waals surface area contributed by atoms with Crippen molar-refractivity contribution in [2.75, 3.05) is 19.6 Å². The predicted octanol–water partition coefficient (Wildman–Crippen LogP) is 2.77. The van der Waals surface area contributed by atoms with E-state index in [4.69, 9.17) is 0 Å². The molecule has 0 bridgehead atoms. The first-order chi connectivity index (χ1) is 7.58. The summed E-state index contributed by atoms with van der Waals surface area (Å²) in [6, 6.07) is 7.62. The normalized spacial score (nSPS) is 17.9. The molecule has 1 aliphatic heterocycles. The SMILES string of the molecule is CC(C)(CN1CCCC1)c1ccc(O)cc1. The zero-order valence-electron chi connectivity index (χ0n) is 10.2. The molecule has 1 aromatic rings. The van der Waals surface area contributed by atoms with E-state index < -0.39 is 0 Å². The highest BCUT2D eigenvalue weighted by atomic mass is 16.3. The lowest BCUT2D eigenvalue weighted by molar-refractivity contribution is 0.269. The number of nitrogens with zero attached hydrogens (tertiary/aromatic N) is 1. The van der Waals surface area contributed by atoms with Crippen molar-refractivity contribution in [3.63, 3.8) is 0 Å². The highest BCUT2D eigenvalue weighted by molar-refractivity contribution is 5.30. The van der Waals surface area contributed by atoms with Crippen molar-refractivity contribution in [1.29, 1.82) is 0 Å². The minimum Gasteiger partial charge on any atom is -0.508 e. The van der Waals surface area contributed by atoms with Gasteiger partial charge in [-0.15, -0.1) is 0 Å². The van der Waals surface area contributed by atoms with Gasteiger partial charge in [0.15, 0.2) is 0 Å². The Kier molecular flexibility index (Phi) is 3.20. The van der Waals surface area contributed by atoms with E-state index in [2.05, 4.69) is 18.7 Å². The van der Waals surface area contributed by atoms with Crippen molar-refractivity contribution in [1.82, 2.24) is 4.90 Å². The molecule has 1 aromatic carbocycles. The van der Waals surface area contributed by atoms with Gasteiger partial charge in [-0.2, -0.15) is 0 Å². The maximum absolute atomic E-state index is 9.30. The topological polar surface area (TPSA) is 23.5 Å². The molecule has 0 radical (unpaired) electrons. The quantitative estimate of drug-likeness (QED) is 0.845. The second-order valence-corrected chi connectivity index (χ2v) is 5.41. The molecule has 1 fully saturated rings. The number of phenols is 1. The zero-order chi connectivity index (χ0) is 11.6. The van der Waals surface area contributed by atoms with Gasteiger partial charge in [0.25, 0.3) is 0 Å². The average Bonchev–Trinajstić information content (AvgIpc) is 2.70. The molecular weight excluding hydrogens is 198 g/mol. The number of benzene rings is 1. The van der Waals surface area contributed by atoms with Crippen LogP contribution in [0, 0.1) is 0 Å². The summed E-state index contributed by atoms with van der Waals surface area (Å²) in [5, 5.41) is 9.30. The molecule has 0 aliphatic carbocycles. The summed E-state index contributed by atoms with van der Waals surface area (Å²) in [6.07, 6.45) is 2.68. The van der Waals surface area contributed by atoms with Crippen LogP contribution in [0.15, 0.2) is 24.3 Å². The van der Waals surface area contributed by atoms with Crippen LogP contribution < -0.4 is 0 Å². The Morgan fingerprint density at radius 3 is 2.25 bits per heavy atom. The Hall–Kier alpha value is -1.02. The lowest BCUT2D eigenvalue weighted by atomic mass is 9.84. The maximum Gasteiger partial charge on any atom is 0.115 e. The molecule has 1 N–H and O–H groups in total. The van der Waals surface area contributed by atoms with E-state index in [0.717, 1.165) is 6.54 Å². The largest absolute Gasteiger partial charge is 0.508 e. The summed E-state index contributed by atoms with van der Waals surface area (Å²) in [5.41, 5.74) is 1.47. The molecule has 16 heavy (non-hydrogen) atoms. The molecule has 1 saturated heterocycles. The summed E-state index contributed by atoms with van der Waals surface area (Å²) in [6.45, 7) is 8.14. The first-order valence-corrected chi connectivity index (χ1v) is 6.10. The Balaban J connectivity index is 2.07. The van der Waals surface area contributed by atoms with Crippen LogP contribution in [0.5, 0.6) is 5.75 Å². The van der Waals surface area contributed by atoms with Crippen molar-refractivity contribution >= 4 is 0 Å². The molecule has 1 aliphatic rings. The molecular formula is C14H21NO. The van der Waals surface area contributed by atoms with Crippen LogP contribution in [0.1, 0.15) is 32.3 Å². The number of hydrogen-bond donors (Lipinski definition) is 1. The lowest BCUT2D eigenvalue weighted by Crippen LogP contribution is -2.35. The van der Waals surface area contributed by atoms with Crippen LogP contribution in [-0.4, -0.2) is 29.6 Å². The van der Waals surface area contributed by atoms with Crippen LogP contribution in [0.3, 0.4) is 0 Å². The van der Waals surface area contributed by atoms with Crippen molar-refractivity contribution in [3.05, 3.63) is 29.8 Å². The molecule has 0 atom stereocenters. The van der Waals surface area contributed by atoms with E-state index in [1.165, 1.54) is 31.5 Å². The molecule has 0 saturated carbocycles. The first kappa shape index (κ1) is 11.5. The Labute approximate surface area is 97.9 Å². The van der Waals surface area contributed by atoms with E-state index in [0.29, 0.717) is 5.75 Å². The fraction of sp³-hybridized carbons (Fsp3) is 0.571. The van der Waals surface area contributed by atoms with E-state index in [1.54, 1.807) is 12.1 Å². The van der Waals surface area contributed by atoms with Gasteiger partial charge in [0, 0.05) is 12.0 Å². The fourth-order valence-corrected chi connectivity index (χ4v) is 2.50. The van der Waals surface area contributed by atoms with Gasteiger partial charge in [0.1, 0.15) is 5.75 Å². The van der Waals surface area contributed by atoms with Gasteiger partial charge >= 0.3 is 0 Å². The van der Waals surface area contributed by atoms with Gasteiger partial charge in [0.05, 0.1) is 0 Å². The van der Waals surface area contributed by atoms with E-state index >= 15 is 0 Å². The molecule has 0 amide bonds. The lowest BCUT2D eigenvalue weighted by Gasteiger charge is -2.30. The molecule has 0 unspecified atom stereocenters. The Morgan fingerprint density at radius 1 is 1.12 bits per heavy atom. The Morgan fingerprint density at radius 2 is 1.69 bits per heavy atom. The fourth-order valence-electron chi connectivity index (χ4n) is 2.50. The summed E-state index contributed by atoms with van der Waals surface area (Å²) in [5.74, 6) is 0.348. The predicted molar refractivity (Wildman–Crippen MR) is 66.8 cm³/mol. The monoisotopic (exact) mass is 219 g/mol. The van der Waals surface area contributed by atoms with Crippen molar-refractivity contribution in [3.8, 4) is 5.75 Å². The second kappa shape index (κ2) is 4.46. The van der Waals surface area contributed by atoms with E-state index in [1.807, 2.05) is 12.1 Å². The molecule has 2 heteroatoms. The van der Waals surface area contributed by atoms with Gasteiger partial charge in [-0.25, -0.2) is 0 Å². The molecule has 1 heterocycles. The van der Waals surface area contributed by atoms with Crippen molar-refractivity contribution in [2.24, 2.45) is 0 Å². The molecule has 2 nitrogen and oxygen atoms in total. The zero-order valence-corrected chi connectivity index (χ0v) is 10.2. The van der Waals surface area contributed by atoms with Gasteiger partial charge in [-0.3, -0.25) is 0 Å². The van der Waals surface area contributed by atoms with Gasteiger partial charge in [-0.05, 0) is 43.6 Å². The minimum absolute atomic E-state index is 0.165. The summed E-state index contributed by atoms with van der Waals surface area (Å²) < 4.78 is 0. The number of aromatic hydroxyl groups is 1. The summed E-state index contributed by atoms with van der Waals surface area (Å²) in [7, 11) is 0. The van der Waals surface area contributed by atoms with Crippen LogP contribution in [-0.2, 0) is 5.41 Å². The third-order valence-electron chi connectivity index (χ3n) is 3.47. The molecule has 0 aromatic heterocycles. The average molecular weight is 219 g/mol. The third-order valence-corrected chi connectivity index (χ3v) is 3.47. The summed E-state index contributed by atoms with van der Waals surface area (Å²) >= 11 is 0. The van der Waals surface area contributed by atoms with Gasteiger partial charge in [-0.1, -0.05) is 26.0 Å². The van der Waals surface area contributed by atoms with Crippen LogP contribution in [0.25, 0.3) is 0 Å². The van der Waals surface area contributed by atoms with Crippen LogP contribution in [0.4, 0.5) is 0 Å². The number of likely N-dealkylation sites (tertiary alicyclic amines) is 1.